The maximum Gasteiger partial charge on any atom is 0.123 e. The second-order valence-electron chi connectivity index (χ2n) is 4.28. The zero-order chi connectivity index (χ0) is 13.8. The van der Waals surface area contributed by atoms with Crippen molar-refractivity contribution in [2.45, 2.75) is 19.4 Å². The van der Waals surface area contributed by atoms with E-state index >= 15 is 0 Å². The van der Waals surface area contributed by atoms with Gasteiger partial charge in [0.25, 0.3) is 0 Å². The first kappa shape index (κ1) is 14.6. The second-order valence-corrected chi connectivity index (χ2v) is 5.88. The molecular formula is C15H14ClFIN. The van der Waals surface area contributed by atoms with Gasteiger partial charge >= 0.3 is 0 Å². The summed E-state index contributed by atoms with van der Waals surface area (Å²) in [6.45, 7) is 2.10. The van der Waals surface area contributed by atoms with Crippen molar-refractivity contribution in [1.82, 2.24) is 0 Å². The summed E-state index contributed by atoms with van der Waals surface area (Å²) in [4.78, 5) is 0. The first-order valence-corrected chi connectivity index (χ1v) is 7.53. The summed E-state index contributed by atoms with van der Waals surface area (Å²) in [6.07, 6.45) is 0.921. The second kappa shape index (κ2) is 6.57. The molecule has 4 heteroatoms. The third-order valence-electron chi connectivity index (χ3n) is 2.94. The molecular weight excluding hydrogens is 376 g/mol. The summed E-state index contributed by atoms with van der Waals surface area (Å²) in [7, 11) is 0. The van der Waals surface area contributed by atoms with Crippen molar-refractivity contribution in [3.8, 4) is 0 Å². The van der Waals surface area contributed by atoms with Crippen LogP contribution >= 0.6 is 34.2 Å². The minimum atomic E-state index is -0.209. The van der Waals surface area contributed by atoms with Crippen molar-refractivity contribution in [3.05, 3.63) is 62.4 Å². The third-order valence-corrected chi connectivity index (χ3v) is 4.07. The number of hydrogen-bond acceptors (Lipinski definition) is 1. The van der Waals surface area contributed by atoms with Crippen LogP contribution < -0.4 is 5.32 Å². The van der Waals surface area contributed by atoms with Gasteiger partial charge < -0.3 is 5.32 Å². The molecule has 0 bridgehead atoms. The highest BCUT2D eigenvalue weighted by molar-refractivity contribution is 14.1. The molecule has 0 amide bonds. The topological polar surface area (TPSA) is 12.0 Å². The van der Waals surface area contributed by atoms with Gasteiger partial charge in [0.15, 0.2) is 0 Å². The van der Waals surface area contributed by atoms with Crippen LogP contribution in [-0.4, -0.2) is 0 Å². The predicted molar refractivity (Wildman–Crippen MR) is 87.2 cm³/mol. The lowest BCUT2D eigenvalue weighted by Gasteiger charge is -2.20. The van der Waals surface area contributed by atoms with E-state index in [-0.39, 0.29) is 11.9 Å². The summed E-state index contributed by atoms with van der Waals surface area (Å²) in [5, 5.41) is 4.20. The molecule has 100 valence electrons. The van der Waals surface area contributed by atoms with E-state index in [0.717, 1.165) is 26.3 Å². The van der Waals surface area contributed by atoms with Gasteiger partial charge in [0.05, 0.1) is 6.04 Å². The van der Waals surface area contributed by atoms with E-state index in [9.17, 15) is 4.39 Å². The summed E-state index contributed by atoms with van der Waals surface area (Å²) < 4.78 is 14.0. The van der Waals surface area contributed by atoms with Gasteiger partial charge in [-0.05, 0) is 64.9 Å². The highest BCUT2D eigenvalue weighted by Gasteiger charge is 2.11. The predicted octanol–water partition coefficient (Wildman–Crippen LogP) is 5.65. The first-order chi connectivity index (χ1) is 9.10. The van der Waals surface area contributed by atoms with Crippen LogP contribution in [-0.2, 0) is 0 Å². The van der Waals surface area contributed by atoms with E-state index < -0.39 is 0 Å². The van der Waals surface area contributed by atoms with Crippen LogP contribution in [0.25, 0.3) is 0 Å². The molecule has 0 aliphatic heterocycles. The Balaban J connectivity index is 2.21. The molecule has 2 aromatic carbocycles. The van der Waals surface area contributed by atoms with Crippen molar-refractivity contribution in [3.63, 3.8) is 0 Å². The van der Waals surface area contributed by atoms with Crippen LogP contribution in [0.1, 0.15) is 24.9 Å². The lowest BCUT2D eigenvalue weighted by molar-refractivity contribution is 0.625. The molecule has 0 heterocycles. The summed E-state index contributed by atoms with van der Waals surface area (Å²) >= 11 is 8.20. The monoisotopic (exact) mass is 389 g/mol. The Labute approximate surface area is 131 Å². The average molecular weight is 390 g/mol. The fourth-order valence-electron chi connectivity index (χ4n) is 1.91. The largest absolute Gasteiger partial charge is 0.377 e. The molecule has 2 rings (SSSR count). The Morgan fingerprint density at radius 1 is 1.21 bits per heavy atom. The number of nitrogens with one attached hydrogen (secondary N) is 1. The van der Waals surface area contributed by atoms with Gasteiger partial charge in [-0.15, -0.1) is 0 Å². The zero-order valence-electron chi connectivity index (χ0n) is 10.5. The number of benzene rings is 2. The number of anilines is 1. The van der Waals surface area contributed by atoms with Gasteiger partial charge in [-0.25, -0.2) is 4.39 Å². The Morgan fingerprint density at radius 3 is 2.47 bits per heavy atom. The Kier molecular flexibility index (Phi) is 5.05. The number of rotatable bonds is 4. The van der Waals surface area contributed by atoms with Crippen LogP contribution in [0.2, 0.25) is 5.02 Å². The molecule has 0 fully saturated rings. The molecule has 0 spiro atoms. The molecule has 0 aliphatic carbocycles. The summed E-state index contributed by atoms with van der Waals surface area (Å²) in [5.74, 6) is -0.209. The molecule has 1 unspecified atom stereocenters. The van der Waals surface area contributed by atoms with Crippen LogP contribution in [0.3, 0.4) is 0 Å². The molecule has 1 atom stereocenters. The van der Waals surface area contributed by atoms with E-state index in [2.05, 4.69) is 34.8 Å². The molecule has 2 aromatic rings. The smallest absolute Gasteiger partial charge is 0.123 e. The molecule has 19 heavy (non-hydrogen) atoms. The van der Waals surface area contributed by atoms with Crippen LogP contribution in [0, 0.1) is 9.39 Å². The van der Waals surface area contributed by atoms with Crippen LogP contribution in [0.4, 0.5) is 10.1 Å². The van der Waals surface area contributed by atoms with Crippen LogP contribution in [0.5, 0.6) is 0 Å². The molecule has 1 N–H and O–H groups in total. The van der Waals surface area contributed by atoms with Gasteiger partial charge in [0.2, 0.25) is 0 Å². The van der Waals surface area contributed by atoms with Crippen molar-refractivity contribution < 1.29 is 4.39 Å². The van der Waals surface area contributed by atoms with E-state index in [1.54, 1.807) is 0 Å². The van der Waals surface area contributed by atoms with Crippen molar-refractivity contribution in [2.75, 3.05) is 5.32 Å². The number of hydrogen-bond donors (Lipinski definition) is 1. The highest BCUT2D eigenvalue weighted by Crippen LogP contribution is 2.28. The summed E-state index contributed by atoms with van der Waals surface area (Å²) in [5.41, 5.74) is 2.12. The minimum absolute atomic E-state index is 0.162. The summed E-state index contributed by atoms with van der Waals surface area (Å²) in [6, 6.07) is 12.5. The van der Waals surface area contributed by atoms with Crippen molar-refractivity contribution in [1.29, 1.82) is 0 Å². The molecule has 1 nitrogen and oxygen atoms in total. The van der Waals surface area contributed by atoms with Gasteiger partial charge in [0.1, 0.15) is 5.82 Å². The molecule has 0 radical (unpaired) electrons. The zero-order valence-corrected chi connectivity index (χ0v) is 13.4. The molecule has 0 saturated carbocycles. The Morgan fingerprint density at radius 2 is 1.89 bits per heavy atom. The van der Waals surface area contributed by atoms with Gasteiger partial charge in [-0.2, -0.15) is 0 Å². The number of halogens is 3. The van der Waals surface area contributed by atoms with Gasteiger partial charge in [-0.1, -0.05) is 30.7 Å². The van der Waals surface area contributed by atoms with Crippen LogP contribution in [0.15, 0.2) is 42.5 Å². The van der Waals surface area contributed by atoms with Gasteiger partial charge in [0, 0.05) is 14.3 Å². The van der Waals surface area contributed by atoms with E-state index in [1.807, 2.05) is 30.3 Å². The van der Waals surface area contributed by atoms with E-state index in [4.69, 9.17) is 11.6 Å². The fraction of sp³-hybridized carbons (Fsp3) is 0.200. The first-order valence-electron chi connectivity index (χ1n) is 6.07. The van der Waals surface area contributed by atoms with Crippen molar-refractivity contribution >= 4 is 39.9 Å². The standard InChI is InChI=1S/C15H14ClFIN/c1-2-14(10-3-6-12(17)7-4-10)19-15-8-5-11(16)9-13(15)18/h3-9,14,19H,2H2,1H3. The third kappa shape index (κ3) is 3.83. The maximum atomic E-state index is 13.0. The lowest BCUT2D eigenvalue weighted by atomic mass is 10.0. The molecule has 0 saturated heterocycles. The SMILES string of the molecule is CCC(Nc1ccc(Cl)cc1I)c1ccc(F)cc1. The van der Waals surface area contributed by atoms with Gasteiger partial charge in [-0.3, -0.25) is 0 Å². The maximum absolute atomic E-state index is 13.0. The quantitative estimate of drug-likeness (QED) is 0.667. The van der Waals surface area contributed by atoms with Crippen molar-refractivity contribution in [2.24, 2.45) is 0 Å². The fourth-order valence-corrected chi connectivity index (χ4v) is 2.94. The highest BCUT2D eigenvalue weighted by atomic mass is 127. The minimum Gasteiger partial charge on any atom is -0.377 e. The molecule has 0 aliphatic rings. The Hall–Kier alpha value is -0.810. The lowest BCUT2D eigenvalue weighted by Crippen LogP contribution is -2.10. The van der Waals surface area contributed by atoms with E-state index in [1.165, 1.54) is 12.1 Å². The van der Waals surface area contributed by atoms with E-state index in [0.29, 0.717) is 0 Å². The Bertz CT molecular complexity index is 557. The molecule has 0 aromatic heterocycles. The normalized spacial score (nSPS) is 12.2. The average Bonchev–Trinajstić information content (AvgIpc) is 2.39.